The van der Waals surface area contributed by atoms with E-state index < -0.39 is 0 Å². The molecule has 0 radical (unpaired) electrons. The first-order valence-corrected chi connectivity index (χ1v) is 7.03. The highest BCUT2D eigenvalue weighted by molar-refractivity contribution is 5.79. The largest absolute Gasteiger partial charge is 0.353 e. The number of hydrogen-bond donors (Lipinski definition) is 1. The molecule has 5 heteroatoms. The average molecular weight is 262 g/mol. The molecule has 0 saturated carbocycles. The number of carbonyl (C=O) groups is 1. The summed E-state index contributed by atoms with van der Waals surface area (Å²) in [6.45, 7) is 5.83. The summed E-state index contributed by atoms with van der Waals surface area (Å²) in [6, 6.07) is 2.08. The van der Waals surface area contributed by atoms with Crippen LogP contribution in [0.2, 0.25) is 0 Å². The third-order valence-electron chi connectivity index (χ3n) is 3.70. The van der Waals surface area contributed by atoms with Crippen LogP contribution in [-0.4, -0.2) is 35.0 Å². The molecule has 1 aromatic rings. The van der Waals surface area contributed by atoms with Gasteiger partial charge in [0.2, 0.25) is 11.9 Å². The Hall–Kier alpha value is -1.65. The second-order valence-corrected chi connectivity index (χ2v) is 5.13. The molecule has 1 fully saturated rings. The second kappa shape index (κ2) is 6.50. The van der Waals surface area contributed by atoms with E-state index in [4.69, 9.17) is 0 Å². The van der Waals surface area contributed by atoms with Crippen molar-refractivity contribution >= 4 is 11.9 Å². The lowest BCUT2D eigenvalue weighted by Crippen LogP contribution is -2.43. The normalized spacial score (nSPS) is 18.1. The molecule has 1 aliphatic heterocycles. The van der Waals surface area contributed by atoms with Gasteiger partial charge in [-0.05, 0) is 32.3 Å². The Morgan fingerprint density at radius 2 is 2.05 bits per heavy atom. The zero-order valence-electron chi connectivity index (χ0n) is 11.7. The Bertz CT molecular complexity index is 401. The maximum Gasteiger partial charge on any atom is 0.225 e. The van der Waals surface area contributed by atoms with Crippen LogP contribution in [0.15, 0.2) is 18.5 Å². The molecule has 1 aromatic heterocycles. The van der Waals surface area contributed by atoms with Crippen molar-refractivity contribution in [3.63, 3.8) is 0 Å². The molecule has 0 spiro atoms. The fraction of sp³-hybridized carbons (Fsp3) is 0.643. The highest BCUT2D eigenvalue weighted by Gasteiger charge is 2.26. The first-order chi connectivity index (χ1) is 9.20. The maximum absolute atomic E-state index is 12.0. The van der Waals surface area contributed by atoms with E-state index >= 15 is 0 Å². The molecule has 0 aromatic carbocycles. The molecule has 1 saturated heterocycles. The van der Waals surface area contributed by atoms with Crippen molar-refractivity contribution in [1.29, 1.82) is 0 Å². The molecule has 2 heterocycles. The van der Waals surface area contributed by atoms with Crippen molar-refractivity contribution in [3.05, 3.63) is 18.5 Å². The van der Waals surface area contributed by atoms with Gasteiger partial charge >= 0.3 is 0 Å². The first kappa shape index (κ1) is 13.8. The van der Waals surface area contributed by atoms with Crippen LogP contribution in [-0.2, 0) is 4.79 Å². The fourth-order valence-electron chi connectivity index (χ4n) is 2.26. The lowest BCUT2D eigenvalue weighted by atomic mass is 9.95. The Kier molecular flexibility index (Phi) is 4.71. The van der Waals surface area contributed by atoms with E-state index in [1.807, 2.05) is 13.0 Å². The summed E-state index contributed by atoms with van der Waals surface area (Å²) in [4.78, 5) is 22.7. The van der Waals surface area contributed by atoms with Gasteiger partial charge in [0, 0.05) is 37.4 Å². The Morgan fingerprint density at radius 1 is 1.42 bits per heavy atom. The van der Waals surface area contributed by atoms with Crippen LogP contribution in [0.4, 0.5) is 5.95 Å². The number of aromatic nitrogens is 2. The summed E-state index contributed by atoms with van der Waals surface area (Å²) in [7, 11) is 0. The van der Waals surface area contributed by atoms with Gasteiger partial charge in [0.25, 0.3) is 0 Å². The molecular formula is C14H22N4O. The number of nitrogens with zero attached hydrogens (tertiary/aromatic N) is 3. The van der Waals surface area contributed by atoms with Gasteiger partial charge in [-0.3, -0.25) is 4.79 Å². The van der Waals surface area contributed by atoms with E-state index in [1.165, 1.54) is 0 Å². The fourth-order valence-corrected chi connectivity index (χ4v) is 2.26. The highest BCUT2D eigenvalue weighted by atomic mass is 16.1. The van der Waals surface area contributed by atoms with Gasteiger partial charge in [0.15, 0.2) is 0 Å². The first-order valence-electron chi connectivity index (χ1n) is 7.03. The number of anilines is 1. The standard InChI is InChI=1S/C14H22N4O/c1-3-11(2)17-13(19)12-5-9-18(10-6-12)14-15-7-4-8-16-14/h4,7-8,11-12H,3,5-6,9-10H2,1-2H3,(H,17,19). The third-order valence-corrected chi connectivity index (χ3v) is 3.70. The maximum atomic E-state index is 12.0. The van der Waals surface area contributed by atoms with Crippen LogP contribution in [0.25, 0.3) is 0 Å². The third kappa shape index (κ3) is 3.66. The smallest absolute Gasteiger partial charge is 0.225 e. The molecular weight excluding hydrogens is 240 g/mol. The molecule has 5 nitrogen and oxygen atoms in total. The number of hydrogen-bond acceptors (Lipinski definition) is 4. The summed E-state index contributed by atoms with van der Waals surface area (Å²) >= 11 is 0. The number of rotatable bonds is 4. The van der Waals surface area contributed by atoms with E-state index in [0.29, 0.717) is 0 Å². The van der Waals surface area contributed by atoms with Crippen molar-refractivity contribution in [2.24, 2.45) is 5.92 Å². The molecule has 2 rings (SSSR count). The summed E-state index contributed by atoms with van der Waals surface area (Å²) in [5.41, 5.74) is 0. The van der Waals surface area contributed by atoms with Gasteiger partial charge in [-0.2, -0.15) is 0 Å². The highest BCUT2D eigenvalue weighted by Crippen LogP contribution is 2.20. The molecule has 0 aliphatic carbocycles. The zero-order chi connectivity index (χ0) is 13.7. The van der Waals surface area contributed by atoms with Crippen LogP contribution >= 0.6 is 0 Å². The van der Waals surface area contributed by atoms with Crippen molar-refractivity contribution in [1.82, 2.24) is 15.3 Å². The summed E-state index contributed by atoms with van der Waals surface area (Å²) in [5.74, 6) is 1.10. The van der Waals surface area contributed by atoms with Crippen molar-refractivity contribution in [2.75, 3.05) is 18.0 Å². The molecule has 19 heavy (non-hydrogen) atoms. The van der Waals surface area contributed by atoms with Crippen LogP contribution in [0.3, 0.4) is 0 Å². The lowest BCUT2D eigenvalue weighted by molar-refractivity contribution is -0.126. The van der Waals surface area contributed by atoms with E-state index in [-0.39, 0.29) is 17.9 Å². The number of nitrogens with one attached hydrogen (secondary N) is 1. The monoisotopic (exact) mass is 262 g/mol. The van der Waals surface area contributed by atoms with Crippen molar-refractivity contribution in [3.8, 4) is 0 Å². The van der Waals surface area contributed by atoms with E-state index in [0.717, 1.165) is 38.3 Å². The lowest BCUT2D eigenvalue weighted by Gasteiger charge is -2.31. The molecule has 1 unspecified atom stereocenters. The molecule has 1 atom stereocenters. The SMILES string of the molecule is CCC(C)NC(=O)C1CCN(c2ncccn2)CC1. The summed E-state index contributed by atoms with van der Waals surface area (Å²) in [5, 5.41) is 3.07. The van der Waals surface area contributed by atoms with Gasteiger partial charge in [-0.25, -0.2) is 9.97 Å². The Morgan fingerprint density at radius 3 is 2.63 bits per heavy atom. The van der Waals surface area contributed by atoms with Crippen LogP contribution in [0, 0.1) is 5.92 Å². The molecule has 1 aliphatic rings. The Labute approximate surface area is 114 Å². The minimum absolute atomic E-state index is 0.133. The van der Waals surface area contributed by atoms with E-state index in [1.54, 1.807) is 12.4 Å². The average Bonchev–Trinajstić information content (AvgIpc) is 2.48. The molecule has 104 valence electrons. The minimum atomic E-state index is 0.133. The van der Waals surface area contributed by atoms with Gasteiger partial charge < -0.3 is 10.2 Å². The second-order valence-electron chi connectivity index (χ2n) is 5.13. The van der Waals surface area contributed by atoms with E-state index in [9.17, 15) is 4.79 Å². The number of carbonyl (C=O) groups excluding carboxylic acids is 1. The predicted molar refractivity (Wildman–Crippen MR) is 74.9 cm³/mol. The van der Waals surface area contributed by atoms with Crippen LogP contribution in [0.5, 0.6) is 0 Å². The minimum Gasteiger partial charge on any atom is -0.353 e. The van der Waals surface area contributed by atoms with Crippen LogP contribution in [0.1, 0.15) is 33.1 Å². The van der Waals surface area contributed by atoms with Gasteiger partial charge in [-0.15, -0.1) is 0 Å². The predicted octanol–water partition coefficient (Wildman–Crippen LogP) is 1.61. The van der Waals surface area contributed by atoms with Crippen molar-refractivity contribution < 1.29 is 4.79 Å². The van der Waals surface area contributed by atoms with E-state index in [2.05, 4.69) is 27.1 Å². The molecule has 1 N–H and O–H groups in total. The quantitative estimate of drug-likeness (QED) is 0.895. The van der Waals surface area contributed by atoms with Crippen LogP contribution < -0.4 is 10.2 Å². The zero-order valence-corrected chi connectivity index (χ0v) is 11.7. The number of amides is 1. The van der Waals surface area contributed by atoms with Gasteiger partial charge in [-0.1, -0.05) is 6.92 Å². The topological polar surface area (TPSA) is 58.1 Å². The Balaban J connectivity index is 1.84. The molecule has 0 bridgehead atoms. The van der Waals surface area contributed by atoms with Crippen molar-refractivity contribution in [2.45, 2.75) is 39.2 Å². The van der Waals surface area contributed by atoms with Gasteiger partial charge in [0.1, 0.15) is 0 Å². The number of piperidine rings is 1. The van der Waals surface area contributed by atoms with Gasteiger partial charge in [0.05, 0.1) is 0 Å². The molecule has 1 amide bonds. The summed E-state index contributed by atoms with van der Waals surface area (Å²) in [6.07, 6.45) is 6.23. The summed E-state index contributed by atoms with van der Waals surface area (Å²) < 4.78 is 0.